The molecule has 3 heterocycles. The lowest BCUT2D eigenvalue weighted by Gasteiger charge is -2.24. The molecule has 2 saturated heterocycles. The van der Waals surface area contributed by atoms with Gasteiger partial charge in [-0.05, 0) is 44.0 Å². The third kappa shape index (κ3) is 2.32. The predicted octanol–water partition coefficient (Wildman–Crippen LogP) is 3.17. The van der Waals surface area contributed by atoms with Crippen LogP contribution in [0.5, 0.6) is 0 Å². The van der Waals surface area contributed by atoms with Gasteiger partial charge >= 0.3 is 0 Å². The fraction of sp³-hybridized carbons (Fsp3) is 0.438. The van der Waals surface area contributed by atoms with Gasteiger partial charge in [-0.2, -0.15) is 5.10 Å². The third-order valence-corrected chi connectivity index (χ3v) is 4.97. The largest absolute Gasteiger partial charge is 0.379 e. The van der Waals surface area contributed by atoms with E-state index in [1.165, 1.54) is 32.4 Å². The van der Waals surface area contributed by atoms with Crippen LogP contribution in [0.2, 0.25) is 5.02 Å². The van der Waals surface area contributed by atoms with Gasteiger partial charge in [-0.15, -0.1) is 0 Å². The number of hydrogen-bond donors (Lipinski definition) is 1. The van der Waals surface area contributed by atoms with E-state index in [4.69, 9.17) is 11.6 Å². The Hall–Kier alpha value is -1.52. The van der Waals surface area contributed by atoms with Gasteiger partial charge in [-0.25, -0.2) is 4.68 Å². The van der Waals surface area contributed by atoms with Gasteiger partial charge in [0, 0.05) is 31.0 Å². The van der Waals surface area contributed by atoms with Crippen molar-refractivity contribution in [3.8, 4) is 5.69 Å². The summed E-state index contributed by atoms with van der Waals surface area (Å²) in [6.07, 6.45) is 7.54. The summed E-state index contributed by atoms with van der Waals surface area (Å²) in [6, 6.07) is 9.12. The molecule has 2 aliphatic rings. The van der Waals surface area contributed by atoms with Crippen LogP contribution in [-0.2, 0) is 0 Å². The molecule has 5 heteroatoms. The Bertz CT molecular complexity index is 625. The van der Waals surface area contributed by atoms with E-state index >= 15 is 0 Å². The number of aromatic nitrogens is 2. The highest BCUT2D eigenvalue weighted by Crippen LogP contribution is 2.33. The molecule has 1 aromatic heterocycles. The van der Waals surface area contributed by atoms with Crippen molar-refractivity contribution in [2.75, 3.05) is 18.4 Å². The molecule has 2 aliphatic heterocycles. The van der Waals surface area contributed by atoms with Crippen LogP contribution in [0, 0.1) is 0 Å². The fourth-order valence-electron chi connectivity index (χ4n) is 3.72. The van der Waals surface area contributed by atoms with E-state index in [1.807, 2.05) is 29.1 Å². The molecule has 4 rings (SSSR count). The van der Waals surface area contributed by atoms with Gasteiger partial charge in [0.25, 0.3) is 0 Å². The Labute approximate surface area is 129 Å². The van der Waals surface area contributed by atoms with E-state index in [9.17, 15) is 0 Å². The first-order valence-electron chi connectivity index (χ1n) is 7.62. The summed E-state index contributed by atoms with van der Waals surface area (Å²) in [5.74, 6) is 0. The average Bonchev–Trinajstić information content (AvgIpc) is 3.18. The molecule has 2 atom stereocenters. The zero-order chi connectivity index (χ0) is 14.2. The normalized spacial score (nSPS) is 25.2. The van der Waals surface area contributed by atoms with Crippen LogP contribution >= 0.6 is 11.6 Å². The van der Waals surface area contributed by atoms with Crippen molar-refractivity contribution in [1.82, 2.24) is 14.7 Å². The van der Waals surface area contributed by atoms with Crippen molar-refractivity contribution in [2.24, 2.45) is 0 Å². The van der Waals surface area contributed by atoms with Crippen molar-refractivity contribution in [2.45, 2.75) is 31.3 Å². The zero-order valence-electron chi connectivity index (χ0n) is 11.9. The van der Waals surface area contributed by atoms with Crippen LogP contribution in [0.1, 0.15) is 19.3 Å². The number of halogens is 1. The van der Waals surface area contributed by atoms with Crippen LogP contribution in [0.4, 0.5) is 5.69 Å². The molecule has 0 saturated carbocycles. The molecule has 0 spiro atoms. The molecule has 110 valence electrons. The van der Waals surface area contributed by atoms with E-state index in [-0.39, 0.29) is 0 Å². The highest BCUT2D eigenvalue weighted by atomic mass is 35.5. The minimum atomic E-state index is 0.514. The number of hydrogen-bond acceptors (Lipinski definition) is 3. The van der Waals surface area contributed by atoms with Crippen LogP contribution in [-0.4, -0.2) is 39.9 Å². The molecule has 2 fully saturated rings. The lowest BCUT2D eigenvalue weighted by Crippen LogP contribution is -2.34. The molecule has 2 unspecified atom stereocenters. The molecule has 2 aromatic rings. The minimum Gasteiger partial charge on any atom is -0.379 e. The first kappa shape index (κ1) is 13.2. The average molecular weight is 303 g/mol. The second kappa shape index (κ2) is 5.35. The number of para-hydroxylation sites is 1. The monoisotopic (exact) mass is 302 g/mol. The van der Waals surface area contributed by atoms with Gasteiger partial charge in [0.15, 0.2) is 0 Å². The van der Waals surface area contributed by atoms with Gasteiger partial charge in [0.2, 0.25) is 0 Å². The maximum absolute atomic E-state index is 6.41. The van der Waals surface area contributed by atoms with E-state index < -0.39 is 0 Å². The second-order valence-electron chi connectivity index (χ2n) is 5.87. The van der Waals surface area contributed by atoms with Crippen molar-refractivity contribution >= 4 is 17.3 Å². The zero-order valence-corrected chi connectivity index (χ0v) is 12.6. The van der Waals surface area contributed by atoms with Gasteiger partial charge in [0.1, 0.15) is 5.69 Å². The molecule has 0 radical (unpaired) electrons. The Kier molecular flexibility index (Phi) is 3.36. The van der Waals surface area contributed by atoms with E-state index in [2.05, 4.69) is 21.4 Å². The van der Waals surface area contributed by atoms with E-state index in [0.29, 0.717) is 12.1 Å². The molecule has 1 aromatic carbocycles. The number of anilines is 1. The van der Waals surface area contributed by atoms with Gasteiger partial charge in [-0.1, -0.05) is 17.7 Å². The van der Waals surface area contributed by atoms with Crippen LogP contribution in [0.25, 0.3) is 5.69 Å². The van der Waals surface area contributed by atoms with Gasteiger partial charge in [-0.3, -0.25) is 4.90 Å². The predicted molar refractivity (Wildman–Crippen MR) is 85.2 cm³/mol. The quantitative estimate of drug-likeness (QED) is 0.945. The lowest BCUT2D eigenvalue weighted by atomic mass is 10.1. The Morgan fingerprint density at radius 1 is 1.19 bits per heavy atom. The van der Waals surface area contributed by atoms with Crippen molar-refractivity contribution in [1.29, 1.82) is 0 Å². The first-order chi connectivity index (χ1) is 10.3. The summed E-state index contributed by atoms with van der Waals surface area (Å²) in [6.45, 7) is 2.46. The number of nitrogens with one attached hydrogen (secondary N) is 1. The number of rotatable bonds is 3. The Balaban J connectivity index is 1.65. The molecule has 0 amide bonds. The topological polar surface area (TPSA) is 33.1 Å². The van der Waals surface area contributed by atoms with Crippen LogP contribution in [0.15, 0.2) is 36.7 Å². The molecule has 4 nitrogen and oxygen atoms in total. The lowest BCUT2D eigenvalue weighted by molar-refractivity contribution is 0.318. The molecule has 0 bridgehead atoms. The van der Waals surface area contributed by atoms with Crippen LogP contribution < -0.4 is 5.32 Å². The summed E-state index contributed by atoms with van der Waals surface area (Å²) >= 11 is 6.41. The Morgan fingerprint density at radius 3 is 3.00 bits per heavy atom. The first-order valence-corrected chi connectivity index (χ1v) is 8.00. The SMILES string of the molecule is Clc1cccc(NC2CCN3CCCC23)c1-n1cccn1. The second-order valence-corrected chi connectivity index (χ2v) is 6.28. The summed E-state index contributed by atoms with van der Waals surface area (Å²) in [4.78, 5) is 2.61. The fourth-order valence-corrected chi connectivity index (χ4v) is 3.98. The number of nitrogens with zero attached hydrogens (tertiary/aromatic N) is 3. The standard InChI is InChI=1S/C16H19ClN4/c17-12-4-1-5-14(16(12)21-10-3-8-18-21)19-13-7-11-20-9-2-6-15(13)20/h1,3-5,8,10,13,15,19H,2,6-7,9,11H2. The molecular formula is C16H19ClN4. The molecule has 0 aliphatic carbocycles. The minimum absolute atomic E-state index is 0.514. The third-order valence-electron chi connectivity index (χ3n) is 4.67. The molecule has 21 heavy (non-hydrogen) atoms. The Morgan fingerprint density at radius 2 is 2.14 bits per heavy atom. The summed E-state index contributed by atoms with van der Waals surface area (Å²) in [5, 5.41) is 8.78. The summed E-state index contributed by atoms with van der Waals surface area (Å²) in [5.41, 5.74) is 2.02. The maximum Gasteiger partial charge on any atom is 0.106 e. The van der Waals surface area contributed by atoms with Gasteiger partial charge < -0.3 is 5.32 Å². The summed E-state index contributed by atoms with van der Waals surface area (Å²) in [7, 11) is 0. The molecular weight excluding hydrogens is 284 g/mol. The highest BCUT2D eigenvalue weighted by molar-refractivity contribution is 6.33. The van der Waals surface area contributed by atoms with Crippen molar-refractivity contribution in [3.63, 3.8) is 0 Å². The van der Waals surface area contributed by atoms with Gasteiger partial charge in [0.05, 0.1) is 10.7 Å². The van der Waals surface area contributed by atoms with Crippen molar-refractivity contribution < 1.29 is 0 Å². The number of fused-ring (bicyclic) bond motifs is 1. The highest BCUT2D eigenvalue weighted by Gasteiger charge is 2.37. The molecule has 1 N–H and O–H groups in total. The van der Waals surface area contributed by atoms with Crippen molar-refractivity contribution in [3.05, 3.63) is 41.7 Å². The van der Waals surface area contributed by atoms with E-state index in [0.717, 1.165) is 16.4 Å². The van der Waals surface area contributed by atoms with E-state index in [1.54, 1.807) is 6.20 Å². The number of benzene rings is 1. The maximum atomic E-state index is 6.41. The summed E-state index contributed by atoms with van der Waals surface area (Å²) < 4.78 is 1.84. The van der Waals surface area contributed by atoms with Crippen LogP contribution in [0.3, 0.4) is 0 Å². The smallest absolute Gasteiger partial charge is 0.106 e.